The number of ether oxygens (including phenoxy) is 1. The molecule has 0 spiro atoms. The quantitative estimate of drug-likeness (QED) is 0.0846. The van der Waals surface area contributed by atoms with E-state index >= 15 is 4.79 Å². The summed E-state index contributed by atoms with van der Waals surface area (Å²) in [6.45, 7) is 22.0. The molecule has 0 radical (unpaired) electrons. The van der Waals surface area contributed by atoms with Crippen molar-refractivity contribution >= 4 is 23.1 Å². The molecule has 4 atom stereocenters. The fraction of sp³-hybridized carbons (Fsp3) is 0.513. The molecule has 6 heteroatoms. The minimum absolute atomic E-state index is 0.0896. The van der Waals surface area contributed by atoms with Gasteiger partial charge in [0, 0.05) is 5.56 Å². The molecule has 6 nitrogen and oxygen atoms in total. The maximum Gasteiger partial charge on any atom is 0.184 e. The average molecular weight is 617 g/mol. The highest BCUT2D eigenvalue weighted by atomic mass is 16.5. The highest BCUT2D eigenvalue weighted by molar-refractivity contribution is 6.41. The Hall–Kier alpha value is -3.67. The highest BCUT2D eigenvalue weighted by Gasteiger charge is 2.74. The number of phenolic OH excluding ortho intramolecular Hbond substituents is 1. The van der Waals surface area contributed by atoms with Gasteiger partial charge in [0.05, 0.1) is 12.5 Å². The van der Waals surface area contributed by atoms with Crippen molar-refractivity contribution in [2.45, 2.75) is 94.4 Å². The van der Waals surface area contributed by atoms with Gasteiger partial charge >= 0.3 is 0 Å². The molecule has 1 aromatic rings. The molecule has 0 amide bonds. The van der Waals surface area contributed by atoms with Gasteiger partial charge in [-0.25, -0.2) is 0 Å². The third-order valence-electron chi connectivity index (χ3n) is 10.2. The van der Waals surface area contributed by atoms with Gasteiger partial charge in [0.25, 0.3) is 0 Å². The lowest BCUT2D eigenvalue weighted by Gasteiger charge is -2.60. The summed E-state index contributed by atoms with van der Waals surface area (Å²) in [5, 5.41) is 22.0. The van der Waals surface area contributed by atoms with Crippen molar-refractivity contribution in [2.24, 2.45) is 28.1 Å². The van der Waals surface area contributed by atoms with Crippen LogP contribution in [0.1, 0.15) is 100.0 Å². The molecule has 2 bridgehead atoms. The van der Waals surface area contributed by atoms with E-state index in [1.807, 2.05) is 68.4 Å². The molecule has 0 unspecified atom stereocenters. The van der Waals surface area contributed by atoms with Gasteiger partial charge < -0.3 is 14.9 Å². The summed E-state index contributed by atoms with van der Waals surface area (Å²) in [7, 11) is 1.38. The van der Waals surface area contributed by atoms with E-state index < -0.39 is 33.6 Å². The van der Waals surface area contributed by atoms with Crippen LogP contribution in [0.25, 0.3) is 5.76 Å². The first kappa shape index (κ1) is 35.8. The number of hydrogen-bond donors (Lipinski definition) is 2. The number of Topliss-reactive ketones (excluding diaryl/α,β-unsaturated/α-hetero) is 3. The van der Waals surface area contributed by atoms with Gasteiger partial charge in [0.2, 0.25) is 0 Å². The van der Waals surface area contributed by atoms with E-state index in [1.165, 1.54) is 25.3 Å². The van der Waals surface area contributed by atoms with E-state index in [9.17, 15) is 19.8 Å². The third kappa shape index (κ3) is 6.39. The van der Waals surface area contributed by atoms with Gasteiger partial charge in [-0.1, -0.05) is 60.9 Å². The monoisotopic (exact) mass is 616 g/mol. The van der Waals surface area contributed by atoms with Crippen molar-refractivity contribution in [3.63, 3.8) is 0 Å². The molecule has 0 aromatic heterocycles. The maximum absolute atomic E-state index is 15.2. The standard InChI is InChI=1S/C39H52O6/c1-23(2)12-14-28(26(7)8)21-38-22-29(16-13-24(3)4)37(9,10)39(36(38)44,19-18-25(5)6)35(43)32(34(38)42)33(41)27-15-17-30(40)31(20-27)45-11/h12-13,15,17-18,20,28-29,40-41H,7,14,16,19,21-22H2,1-6,8-11H3/t28-,29+,38+,39-/m0/s1. The zero-order chi connectivity index (χ0) is 34.1. The Morgan fingerprint density at radius 2 is 1.58 bits per heavy atom. The summed E-state index contributed by atoms with van der Waals surface area (Å²) in [5.74, 6) is -2.52. The molecule has 1 aromatic carbocycles. The molecular formula is C39H52O6. The molecule has 2 aliphatic rings. The van der Waals surface area contributed by atoms with Gasteiger partial charge in [-0.3, -0.25) is 14.4 Å². The summed E-state index contributed by atoms with van der Waals surface area (Å²) < 4.78 is 5.26. The van der Waals surface area contributed by atoms with E-state index in [0.29, 0.717) is 12.8 Å². The number of fused-ring (bicyclic) bond motifs is 2. The lowest BCUT2D eigenvalue weighted by molar-refractivity contribution is -0.177. The number of allylic oxidation sites excluding steroid dienone is 8. The second kappa shape index (κ2) is 13.4. The predicted molar refractivity (Wildman–Crippen MR) is 181 cm³/mol. The molecule has 45 heavy (non-hydrogen) atoms. The average Bonchev–Trinajstić information content (AvgIpc) is 2.94. The number of carbonyl (C=O) groups excluding carboxylic acids is 3. The van der Waals surface area contributed by atoms with Crippen LogP contribution in [0.2, 0.25) is 0 Å². The second-order valence-corrected chi connectivity index (χ2v) is 14.5. The van der Waals surface area contributed by atoms with Crippen LogP contribution in [0, 0.1) is 28.1 Å². The summed E-state index contributed by atoms with van der Waals surface area (Å²) >= 11 is 0. The molecule has 2 N–H and O–H groups in total. The smallest absolute Gasteiger partial charge is 0.184 e. The third-order valence-corrected chi connectivity index (χ3v) is 10.2. The van der Waals surface area contributed by atoms with Gasteiger partial charge in [-0.05, 0) is 116 Å². The molecule has 0 heterocycles. The number of ketones is 3. The van der Waals surface area contributed by atoms with E-state index in [0.717, 1.165) is 22.3 Å². The van der Waals surface area contributed by atoms with Crippen LogP contribution in [-0.2, 0) is 14.4 Å². The minimum Gasteiger partial charge on any atom is -0.506 e. The first-order valence-electron chi connectivity index (χ1n) is 15.9. The fourth-order valence-electron chi connectivity index (χ4n) is 7.24. The fourth-order valence-corrected chi connectivity index (χ4v) is 7.24. The Labute approximate surface area is 269 Å². The lowest BCUT2D eigenvalue weighted by atomic mass is 9.38. The van der Waals surface area contributed by atoms with Crippen molar-refractivity contribution in [2.75, 3.05) is 7.11 Å². The Bertz CT molecular complexity index is 1500. The number of benzene rings is 1. The van der Waals surface area contributed by atoms with Crippen LogP contribution in [-0.4, -0.2) is 34.7 Å². The number of carbonyl (C=O) groups is 3. The number of aliphatic hydroxyl groups is 1. The second-order valence-electron chi connectivity index (χ2n) is 14.5. The first-order chi connectivity index (χ1) is 20.9. The van der Waals surface area contributed by atoms with Gasteiger partial charge in [0.1, 0.15) is 16.7 Å². The van der Waals surface area contributed by atoms with Crippen molar-refractivity contribution in [1.29, 1.82) is 0 Å². The van der Waals surface area contributed by atoms with E-state index in [1.54, 1.807) is 0 Å². The Balaban J connectivity index is 2.47. The van der Waals surface area contributed by atoms with Crippen molar-refractivity contribution in [3.05, 3.63) is 76.4 Å². The van der Waals surface area contributed by atoms with Crippen LogP contribution in [0.5, 0.6) is 11.5 Å². The number of phenols is 1. The largest absolute Gasteiger partial charge is 0.506 e. The van der Waals surface area contributed by atoms with Gasteiger partial charge in [0.15, 0.2) is 28.8 Å². The number of aliphatic hydroxyl groups excluding tert-OH is 1. The first-order valence-corrected chi connectivity index (χ1v) is 15.9. The number of aromatic hydroxyl groups is 1. The molecule has 2 aliphatic carbocycles. The number of hydrogen-bond acceptors (Lipinski definition) is 6. The molecule has 0 aliphatic heterocycles. The zero-order valence-electron chi connectivity index (χ0n) is 28.9. The Morgan fingerprint density at radius 1 is 0.978 bits per heavy atom. The summed E-state index contributed by atoms with van der Waals surface area (Å²) in [6.07, 6.45) is 7.96. The topological polar surface area (TPSA) is 101 Å². The van der Waals surface area contributed by atoms with Crippen LogP contribution < -0.4 is 4.74 Å². The van der Waals surface area contributed by atoms with Crippen LogP contribution in [0.3, 0.4) is 0 Å². The summed E-state index contributed by atoms with van der Waals surface area (Å²) in [5.41, 5.74) is -0.102. The molecule has 2 fully saturated rings. The molecule has 3 rings (SSSR count). The zero-order valence-corrected chi connectivity index (χ0v) is 28.9. The molecule has 0 saturated heterocycles. The molecule has 2 saturated carbocycles. The lowest BCUT2D eigenvalue weighted by Crippen LogP contribution is -2.69. The Kier molecular flexibility index (Phi) is 10.6. The minimum atomic E-state index is -1.59. The normalized spacial score (nSPS) is 25.6. The number of rotatable bonds is 11. The van der Waals surface area contributed by atoms with Gasteiger partial charge in [-0.2, -0.15) is 0 Å². The Morgan fingerprint density at radius 3 is 2.11 bits per heavy atom. The van der Waals surface area contributed by atoms with Crippen LogP contribution in [0.4, 0.5) is 0 Å². The highest BCUT2D eigenvalue weighted by Crippen LogP contribution is 2.66. The maximum atomic E-state index is 15.2. The van der Waals surface area contributed by atoms with Crippen LogP contribution in [0.15, 0.2) is 70.9 Å². The van der Waals surface area contributed by atoms with Crippen LogP contribution >= 0.6 is 0 Å². The van der Waals surface area contributed by atoms with E-state index in [4.69, 9.17) is 4.74 Å². The van der Waals surface area contributed by atoms with E-state index in [-0.39, 0.29) is 59.5 Å². The van der Waals surface area contributed by atoms with E-state index in [2.05, 4.69) is 18.7 Å². The van der Waals surface area contributed by atoms with Gasteiger partial charge in [-0.15, -0.1) is 0 Å². The van der Waals surface area contributed by atoms with Crippen molar-refractivity contribution in [1.82, 2.24) is 0 Å². The molecule has 244 valence electrons. The molecular weight excluding hydrogens is 564 g/mol. The van der Waals surface area contributed by atoms with Crippen molar-refractivity contribution in [3.8, 4) is 11.5 Å². The SMILES string of the molecule is C=C(C)[C@@H](CC=C(C)C)C[C@@]12C[C@@H](CC=C(C)C)C(C)(C)[C@@](CC=C(C)C)(C(=O)C(=C(O)c3ccc(O)c(OC)c3)C1=O)C2=O. The number of methoxy groups -OCH3 is 1. The predicted octanol–water partition coefficient (Wildman–Crippen LogP) is 9.06. The summed E-state index contributed by atoms with van der Waals surface area (Å²) in [6, 6.07) is 4.18. The summed E-state index contributed by atoms with van der Waals surface area (Å²) in [4.78, 5) is 45.2. The van der Waals surface area contributed by atoms with Crippen molar-refractivity contribution < 1.29 is 29.3 Å².